The number of hydrogen-bond acceptors (Lipinski definition) is 2. The molecule has 1 heterocycles. The molecular formula is C14H13F3OS. The van der Waals surface area contributed by atoms with E-state index in [4.69, 9.17) is 0 Å². The Kier molecular flexibility index (Phi) is 4.27. The van der Waals surface area contributed by atoms with Gasteiger partial charge in [-0.15, -0.1) is 0 Å². The van der Waals surface area contributed by atoms with Crippen LogP contribution >= 0.6 is 11.3 Å². The summed E-state index contributed by atoms with van der Waals surface area (Å²) in [5.41, 5.74) is 1.09. The maximum Gasteiger partial charge on any atom is 0.416 e. The molecule has 0 saturated carbocycles. The lowest BCUT2D eigenvalue weighted by atomic mass is 10.0. The molecule has 2 aromatic rings. The molecule has 0 aliphatic heterocycles. The molecule has 1 atom stereocenters. The Labute approximate surface area is 113 Å². The second-order valence-electron chi connectivity index (χ2n) is 4.39. The fourth-order valence-corrected chi connectivity index (χ4v) is 2.54. The zero-order valence-electron chi connectivity index (χ0n) is 10.0. The number of benzene rings is 1. The summed E-state index contributed by atoms with van der Waals surface area (Å²) in [6, 6.07) is 6.86. The quantitative estimate of drug-likeness (QED) is 0.903. The van der Waals surface area contributed by atoms with E-state index in [0.29, 0.717) is 18.4 Å². The van der Waals surface area contributed by atoms with Crippen LogP contribution in [0.3, 0.4) is 0 Å². The molecular weight excluding hydrogens is 273 g/mol. The highest BCUT2D eigenvalue weighted by atomic mass is 32.1. The smallest absolute Gasteiger partial charge is 0.392 e. The van der Waals surface area contributed by atoms with E-state index in [9.17, 15) is 18.3 Å². The molecule has 0 fully saturated rings. The Bertz CT molecular complexity index is 502. The lowest BCUT2D eigenvalue weighted by Crippen LogP contribution is -2.13. The summed E-state index contributed by atoms with van der Waals surface area (Å²) < 4.78 is 37.2. The van der Waals surface area contributed by atoms with Crippen LogP contribution in [0.5, 0.6) is 0 Å². The monoisotopic (exact) mass is 286 g/mol. The van der Waals surface area contributed by atoms with Crippen LogP contribution in [-0.4, -0.2) is 11.2 Å². The van der Waals surface area contributed by atoms with Crippen LogP contribution in [0.15, 0.2) is 41.1 Å². The summed E-state index contributed by atoms with van der Waals surface area (Å²) in [5.74, 6) is 0. The number of rotatable bonds is 4. The molecule has 2 rings (SSSR count). The van der Waals surface area contributed by atoms with Crippen molar-refractivity contribution in [1.29, 1.82) is 0 Å². The zero-order chi connectivity index (χ0) is 13.9. The fraction of sp³-hybridized carbons (Fsp3) is 0.286. The van der Waals surface area contributed by atoms with Crippen molar-refractivity contribution in [2.24, 2.45) is 0 Å². The molecule has 0 aliphatic rings. The first-order valence-electron chi connectivity index (χ1n) is 5.80. The second kappa shape index (κ2) is 5.75. The largest absolute Gasteiger partial charge is 0.416 e. The van der Waals surface area contributed by atoms with Gasteiger partial charge in [-0.2, -0.15) is 24.5 Å². The van der Waals surface area contributed by atoms with E-state index in [1.165, 1.54) is 12.1 Å². The summed E-state index contributed by atoms with van der Waals surface area (Å²) in [5, 5.41) is 13.8. The van der Waals surface area contributed by atoms with E-state index >= 15 is 0 Å². The van der Waals surface area contributed by atoms with Gasteiger partial charge in [0.25, 0.3) is 0 Å². The zero-order valence-corrected chi connectivity index (χ0v) is 10.8. The van der Waals surface area contributed by atoms with Crippen LogP contribution in [0.25, 0.3) is 0 Å². The minimum atomic E-state index is -4.31. The average Bonchev–Trinajstić information content (AvgIpc) is 2.81. The molecule has 0 spiro atoms. The van der Waals surface area contributed by atoms with Gasteiger partial charge < -0.3 is 5.11 Å². The first-order chi connectivity index (χ1) is 8.95. The van der Waals surface area contributed by atoms with Gasteiger partial charge in [-0.1, -0.05) is 12.1 Å². The number of aliphatic hydroxyl groups is 1. The molecule has 19 heavy (non-hydrogen) atoms. The molecule has 102 valence electrons. The van der Waals surface area contributed by atoms with Crippen molar-refractivity contribution in [2.45, 2.75) is 25.1 Å². The third kappa shape index (κ3) is 4.08. The van der Waals surface area contributed by atoms with E-state index in [-0.39, 0.29) is 0 Å². The molecule has 5 heteroatoms. The highest BCUT2D eigenvalue weighted by molar-refractivity contribution is 7.07. The van der Waals surface area contributed by atoms with Crippen LogP contribution < -0.4 is 0 Å². The van der Waals surface area contributed by atoms with E-state index in [0.717, 1.165) is 17.7 Å². The van der Waals surface area contributed by atoms with Crippen molar-refractivity contribution in [2.75, 3.05) is 0 Å². The molecule has 1 aromatic heterocycles. The average molecular weight is 286 g/mol. The van der Waals surface area contributed by atoms with Crippen LogP contribution in [0.2, 0.25) is 0 Å². The van der Waals surface area contributed by atoms with Gasteiger partial charge in [0.15, 0.2) is 0 Å². The molecule has 0 bridgehead atoms. The predicted octanol–water partition coefficient (Wildman–Crippen LogP) is 3.91. The Hall–Kier alpha value is -1.33. The van der Waals surface area contributed by atoms with E-state index in [1.54, 1.807) is 11.3 Å². The fourth-order valence-electron chi connectivity index (χ4n) is 1.85. The number of hydrogen-bond donors (Lipinski definition) is 1. The van der Waals surface area contributed by atoms with E-state index in [2.05, 4.69) is 0 Å². The molecule has 0 aliphatic carbocycles. The number of alkyl halides is 3. The molecule has 1 N–H and O–H groups in total. The van der Waals surface area contributed by atoms with Crippen LogP contribution in [0.1, 0.15) is 16.7 Å². The molecule has 1 unspecified atom stereocenters. The van der Waals surface area contributed by atoms with Crippen LogP contribution in [0, 0.1) is 0 Å². The Balaban J connectivity index is 1.96. The maximum absolute atomic E-state index is 12.4. The number of halogens is 3. The Morgan fingerprint density at radius 2 is 1.63 bits per heavy atom. The van der Waals surface area contributed by atoms with Crippen molar-refractivity contribution in [3.8, 4) is 0 Å². The molecule has 0 radical (unpaired) electrons. The lowest BCUT2D eigenvalue weighted by Gasteiger charge is -2.11. The van der Waals surface area contributed by atoms with Crippen molar-refractivity contribution in [3.63, 3.8) is 0 Å². The first kappa shape index (κ1) is 14.1. The summed E-state index contributed by atoms with van der Waals surface area (Å²) in [6.07, 6.45) is -4.02. The maximum atomic E-state index is 12.4. The molecule has 1 nitrogen and oxygen atoms in total. The topological polar surface area (TPSA) is 20.2 Å². The minimum Gasteiger partial charge on any atom is -0.392 e. The van der Waals surface area contributed by atoms with Gasteiger partial charge in [-0.3, -0.25) is 0 Å². The lowest BCUT2D eigenvalue weighted by molar-refractivity contribution is -0.137. The third-order valence-electron chi connectivity index (χ3n) is 2.80. The van der Waals surface area contributed by atoms with Gasteiger partial charge in [0.2, 0.25) is 0 Å². The molecule has 1 aromatic carbocycles. The van der Waals surface area contributed by atoms with Gasteiger partial charge in [0.1, 0.15) is 0 Å². The number of thiophene rings is 1. The van der Waals surface area contributed by atoms with Crippen molar-refractivity contribution in [3.05, 3.63) is 57.8 Å². The van der Waals surface area contributed by atoms with Crippen LogP contribution in [0.4, 0.5) is 13.2 Å². The van der Waals surface area contributed by atoms with Gasteiger partial charge in [-0.05, 0) is 52.9 Å². The molecule has 0 saturated heterocycles. The normalized spacial score (nSPS) is 13.5. The van der Waals surface area contributed by atoms with Crippen LogP contribution in [-0.2, 0) is 19.0 Å². The Morgan fingerprint density at radius 3 is 2.16 bits per heavy atom. The van der Waals surface area contributed by atoms with E-state index in [1.807, 2.05) is 16.8 Å². The number of aliphatic hydroxyl groups excluding tert-OH is 1. The van der Waals surface area contributed by atoms with Gasteiger partial charge >= 0.3 is 6.18 Å². The third-order valence-corrected chi connectivity index (χ3v) is 3.54. The van der Waals surface area contributed by atoms with Crippen molar-refractivity contribution >= 4 is 11.3 Å². The van der Waals surface area contributed by atoms with Crippen molar-refractivity contribution < 1.29 is 18.3 Å². The van der Waals surface area contributed by atoms with Gasteiger partial charge in [0.05, 0.1) is 11.7 Å². The highest BCUT2D eigenvalue weighted by Gasteiger charge is 2.29. The summed E-state index contributed by atoms with van der Waals surface area (Å²) >= 11 is 1.56. The van der Waals surface area contributed by atoms with Crippen molar-refractivity contribution in [1.82, 2.24) is 0 Å². The first-order valence-corrected chi connectivity index (χ1v) is 6.75. The van der Waals surface area contributed by atoms with Gasteiger partial charge in [-0.25, -0.2) is 0 Å². The van der Waals surface area contributed by atoms with Gasteiger partial charge in [0, 0.05) is 0 Å². The summed E-state index contributed by atoms with van der Waals surface area (Å²) in [7, 11) is 0. The van der Waals surface area contributed by atoms with E-state index < -0.39 is 17.8 Å². The standard InChI is InChI=1S/C14H13F3OS/c15-14(16,17)12-3-1-10(2-4-12)7-13(18)8-11-5-6-19-9-11/h1-6,9,13,18H,7-8H2. The Morgan fingerprint density at radius 1 is 1.00 bits per heavy atom. The minimum absolute atomic E-state index is 0.355. The molecule has 0 amide bonds. The predicted molar refractivity (Wildman–Crippen MR) is 69.2 cm³/mol. The highest BCUT2D eigenvalue weighted by Crippen LogP contribution is 2.29. The SMILES string of the molecule is OC(Cc1ccc(C(F)(F)F)cc1)Cc1ccsc1. The second-order valence-corrected chi connectivity index (χ2v) is 5.17. The summed E-state index contributed by atoms with van der Waals surface area (Å²) in [4.78, 5) is 0. The summed E-state index contributed by atoms with van der Waals surface area (Å²) in [6.45, 7) is 0.